The van der Waals surface area contributed by atoms with E-state index in [9.17, 15) is 0 Å². The number of nitrogens with one attached hydrogen (secondary N) is 1. The van der Waals surface area contributed by atoms with Crippen LogP contribution >= 0.6 is 15.9 Å². The van der Waals surface area contributed by atoms with Gasteiger partial charge in [0.1, 0.15) is 0 Å². The van der Waals surface area contributed by atoms with Crippen LogP contribution in [-0.2, 0) is 6.54 Å². The zero-order valence-corrected chi connectivity index (χ0v) is 15.5. The molecule has 0 saturated heterocycles. The summed E-state index contributed by atoms with van der Waals surface area (Å²) in [7, 11) is 0. The molecule has 0 bridgehead atoms. The molecule has 0 atom stereocenters. The Morgan fingerprint density at radius 1 is 1.29 bits per heavy atom. The molecule has 2 rings (SSSR count). The molecule has 1 aliphatic rings. The maximum atomic E-state index is 3.75. The van der Waals surface area contributed by atoms with Gasteiger partial charge in [0.05, 0.1) is 0 Å². The van der Waals surface area contributed by atoms with Crippen LogP contribution in [0.25, 0.3) is 0 Å². The molecule has 3 heteroatoms. The van der Waals surface area contributed by atoms with Gasteiger partial charge in [-0.25, -0.2) is 0 Å². The Kier molecular flexibility index (Phi) is 5.73. The van der Waals surface area contributed by atoms with E-state index in [1.54, 1.807) is 0 Å². The molecular weight excluding hydrogens is 324 g/mol. The first-order valence-corrected chi connectivity index (χ1v) is 8.97. The maximum Gasteiger partial charge on any atom is 0.0377 e. The van der Waals surface area contributed by atoms with Crippen molar-refractivity contribution in [2.75, 3.05) is 18.0 Å². The molecular formula is C18H29BrN2. The van der Waals surface area contributed by atoms with Crippen LogP contribution in [0.3, 0.4) is 0 Å². The van der Waals surface area contributed by atoms with E-state index in [0.717, 1.165) is 19.0 Å². The lowest BCUT2D eigenvalue weighted by Crippen LogP contribution is -2.35. The maximum absolute atomic E-state index is 3.75. The molecule has 0 spiro atoms. The fourth-order valence-corrected chi connectivity index (χ4v) is 2.95. The molecule has 1 N–H and O–H groups in total. The van der Waals surface area contributed by atoms with E-state index in [4.69, 9.17) is 0 Å². The number of rotatable bonds is 7. The third-order valence-corrected chi connectivity index (χ3v) is 4.62. The van der Waals surface area contributed by atoms with Gasteiger partial charge in [-0.15, -0.1) is 0 Å². The summed E-state index contributed by atoms with van der Waals surface area (Å²) in [5.41, 5.74) is 2.84. The minimum Gasteiger partial charge on any atom is -0.371 e. The lowest BCUT2D eigenvalue weighted by molar-refractivity contribution is 0.424. The van der Waals surface area contributed by atoms with E-state index in [2.05, 4.69) is 72.0 Å². The summed E-state index contributed by atoms with van der Waals surface area (Å²) >= 11 is 3.75. The Morgan fingerprint density at radius 2 is 2.00 bits per heavy atom. The third kappa shape index (κ3) is 5.63. The second-order valence-electron chi connectivity index (χ2n) is 7.27. The Balaban J connectivity index is 2.05. The van der Waals surface area contributed by atoms with Crippen LogP contribution in [0, 0.1) is 5.92 Å². The summed E-state index contributed by atoms with van der Waals surface area (Å²) in [4.78, 5) is 2.55. The average molecular weight is 353 g/mol. The standard InChI is InChI=1S/C18H29BrN2/c1-5-10-21(13-14-6-7-14)16-9-8-15(17(19)11-16)12-20-18(2,3)4/h8-9,11,14,20H,5-7,10,12-13H2,1-4H3. The summed E-state index contributed by atoms with van der Waals surface area (Å²) < 4.78 is 1.22. The average Bonchev–Trinajstić information content (AvgIpc) is 3.20. The van der Waals surface area contributed by atoms with Crippen LogP contribution in [0.4, 0.5) is 5.69 Å². The number of hydrogen-bond acceptors (Lipinski definition) is 2. The predicted octanol–water partition coefficient (Wildman–Crippen LogP) is 4.96. The summed E-state index contributed by atoms with van der Waals surface area (Å²) in [6.45, 7) is 12.1. The number of hydrogen-bond donors (Lipinski definition) is 1. The Bertz CT molecular complexity index is 461. The minimum atomic E-state index is 0.151. The van der Waals surface area contributed by atoms with Gasteiger partial charge in [-0.05, 0) is 63.6 Å². The molecule has 0 amide bonds. The van der Waals surface area contributed by atoms with E-state index in [1.807, 2.05) is 0 Å². The molecule has 118 valence electrons. The second kappa shape index (κ2) is 7.15. The molecule has 0 unspecified atom stereocenters. The zero-order valence-electron chi connectivity index (χ0n) is 13.9. The van der Waals surface area contributed by atoms with Crippen molar-refractivity contribution >= 4 is 21.6 Å². The van der Waals surface area contributed by atoms with Gasteiger partial charge in [0, 0.05) is 35.3 Å². The number of anilines is 1. The van der Waals surface area contributed by atoms with Gasteiger partial charge in [-0.3, -0.25) is 0 Å². The molecule has 0 heterocycles. The number of benzene rings is 1. The van der Waals surface area contributed by atoms with Crippen LogP contribution in [0.1, 0.15) is 52.5 Å². The summed E-state index contributed by atoms with van der Waals surface area (Å²) in [6, 6.07) is 6.83. The monoisotopic (exact) mass is 352 g/mol. The van der Waals surface area contributed by atoms with Gasteiger partial charge in [-0.1, -0.05) is 28.9 Å². The van der Waals surface area contributed by atoms with Crippen molar-refractivity contribution in [1.29, 1.82) is 0 Å². The Morgan fingerprint density at radius 3 is 2.52 bits per heavy atom. The van der Waals surface area contributed by atoms with E-state index < -0.39 is 0 Å². The first-order valence-electron chi connectivity index (χ1n) is 8.17. The highest BCUT2D eigenvalue weighted by Crippen LogP contribution is 2.32. The zero-order chi connectivity index (χ0) is 15.5. The second-order valence-corrected chi connectivity index (χ2v) is 8.12. The summed E-state index contributed by atoms with van der Waals surface area (Å²) in [5.74, 6) is 0.928. The van der Waals surface area contributed by atoms with Crippen LogP contribution in [0.5, 0.6) is 0 Å². The van der Waals surface area contributed by atoms with Crippen molar-refractivity contribution in [2.24, 2.45) is 5.92 Å². The van der Waals surface area contributed by atoms with Gasteiger partial charge in [-0.2, -0.15) is 0 Å². The molecule has 1 aromatic rings. The van der Waals surface area contributed by atoms with Crippen LogP contribution in [-0.4, -0.2) is 18.6 Å². The molecule has 1 aliphatic carbocycles. The van der Waals surface area contributed by atoms with Crippen molar-refractivity contribution in [2.45, 2.75) is 59.0 Å². The SMILES string of the molecule is CCCN(CC1CC1)c1ccc(CNC(C)(C)C)c(Br)c1. The van der Waals surface area contributed by atoms with E-state index in [1.165, 1.54) is 41.5 Å². The van der Waals surface area contributed by atoms with Gasteiger partial charge in [0.15, 0.2) is 0 Å². The molecule has 1 aromatic carbocycles. The molecule has 0 aliphatic heterocycles. The smallest absolute Gasteiger partial charge is 0.0377 e. The van der Waals surface area contributed by atoms with Crippen LogP contribution in [0.2, 0.25) is 0 Å². The normalized spacial score (nSPS) is 15.3. The molecule has 1 fully saturated rings. The lowest BCUT2D eigenvalue weighted by atomic mass is 10.1. The quantitative estimate of drug-likeness (QED) is 0.745. The highest BCUT2D eigenvalue weighted by atomic mass is 79.9. The fraction of sp³-hybridized carbons (Fsp3) is 0.667. The molecule has 0 aromatic heterocycles. The molecule has 21 heavy (non-hydrogen) atoms. The third-order valence-electron chi connectivity index (χ3n) is 3.88. The lowest BCUT2D eigenvalue weighted by Gasteiger charge is -2.26. The topological polar surface area (TPSA) is 15.3 Å². The first kappa shape index (κ1) is 16.8. The number of halogens is 1. The van der Waals surface area contributed by atoms with Gasteiger partial charge in [0.25, 0.3) is 0 Å². The predicted molar refractivity (Wildman–Crippen MR) is 96.0 cm³/mol. The van der Waals surface area contributed by atoms with Crippen molar-refractivity contribution in [3.8, 4) is 0 Å². The van der Waals surface area contributed by atoms with E-state index >= 15 is 0 Å². The number of nitrogens with zero attached hydrogens (tertiary/aromatic N) is 1. The molecule has 0 radical (unpaired) electrons. The van der Waals surface area contributed by atoms with Gasteiger partial charge < -0.3 is 10.2 Å². The van der Waals surface area contributed by atoms with Gasteiger partial charge >= 0.3 is 0 Å². The van der Waals surface area contributed by atoms with Crippen molar-refractivity contribution in [3.05, 3.63) is 28.2 Å². The van der Waals surface area contributed by atoms with E-state index in [0.29, 0.717) is 0 Å². The van der Waals surface area contributed by atoms with Crippen molar-refractivity contribution < 1.29 is 0 Å². The van der Waals surface area contributed by atoms with Crippen LogP contribution in [0.15, 0.2) is 22.7 Å². The minimum absolute atomic E-state index is 0.151. The summed E-state index contributed by atoms with van der Waals surface area (Å²) in [6.07, 6.45) is 4.03. The molecule has 2 nitrogen and oxygen atoms in total. The Labute approximate surface area is 138 Å². The Hall–Kier alpha value is -0.540. The highest BCUT2D eigenvalue weighted by molar-refractivity contribution is 9.10. The molecule has 1 saturated carbocycles. The van der Waals surface area contributed by atoms with E-state index in [-0.39, 0.29) is 5.54 Å². The summed E-state index contributed by atoms with van der Waals surface area (Å²) in [5, 5.41) is 3.55. The fourth-order valence-electron chi connectivity index (χ4n) is 2.44. The van der Waals surface area contributed by atoms with Crippen molar-refractivity contribution in [1.82, 2.24) is 5.32 Å². The van der Waals surface area contributed by atoms with Gasteiger partial charge in [0.2, 0.25) is 0 Å². The first-order chi connectivity index (χ1) is 9.89. The van der Waals surface area contributed by atoms with Crippen LogP contribution < -0.4 is 10.2 Å². The largest absolute Gasteiger partial charge is 0.371 e. The van der Waals surface area contributed by atoms with Crippen molar-refractivity contribution in [3.63, 3.8) is 0 Å². The highest BCUT2D eigenvalue weighted by Gasteiger charge is 2.24.